The summed E-state index contributed by atoms with van der Waals surface area (Å²) in [5.74, 6) is -0.548. The molecule has 0 radical (unpaired) electrons. The number of carbonyl (C=O) groups excluding carboxylic acids is 10. The molecule has 0 saturated carbocycles. The highest BCUT2D eigenvalue weighted by Gasteiger charge is 2.26. The first-order valence-corrected chi connectivity index (χ1v) is 38.5. The lowest BCUT2D eigenvalue weighted by Gasteiger charge is -2.26. The van der Waals surface area contributed by atoms with E-state index < -0.39 is 0 Å². The predicted octanol–water partition coefficient (Wildman–Crippen LogP) is 9.92. The highest BCUT2D eigenvalue weighted by atomic mass is 16.5. The zero-order valence-electron chi connectivity index (χ0n) is 67.2. The van der Waals surface area contributed by atoms with Crippen molar-refractivity contribution in [2.45, 2.75) is 135 Å². The maximum absolute atomic E-state index is 12.1. The average Bonchev–Trinajstić information content (AvgIpc) is 0.828. The second-order valence-electron chi connectivity index (χ2n) is 24.5. The van der Waals surface area contributed by atoms with Gasteiger partial charge in [-0.1, -0.05) is 215 Å². The summed E-state index contributed by atoms with van der Waals surface area (Å²) in [5.41, 5.74) is 9.26. The number of nitrogens with zero attached hydrogens (tertiary/aromatic N) is 6. The van der Waals surface area contributed by atoms with E-state index in [2.05, 4.69) is 165 Å². The van der Waals surface area contributed by atoms with Crippen molar-refractivity contribution in [3.05, 3.63) is 214 Å². The van der Waals surface area contributed by atoms with E-state index in [9.17, 15) is 47.9 Å². The van der Waals surface area contributed by atoms with Crippen molar-refractivity contribution in [2.75, 3.05) is 131 Å². The summed E-state index contributed by atoms with van der Waals surface area (Å²) in [6, 6.07) is 56.8. The largest absolute Gasteiger partial charge is 0.378 e. The lowest BCUT2D eigenvalue weighted by Crippen LogP contribution is -2.50. The molecule has 108 heavy (non-hydrogen) atoms. The summed E-state index contributed by atoms with van der Waals surface area (Å²) >= 11 is 0. The van der Waals surface area contributed by atoms with E-state index in [0.717, 1.165) is 77.8 Å². The van der Waals surface area contributed by atoms with Crippen molar-refractivity contribution in [1.29, 1.82) is 0 Å². The number of imide groups is 2. The minimum Gasteiger partial charge on any atom is -0.378 e. The Labute approximate surface area is 645 Å². The van der Waals surface area contributed by atoms with Gasteiger partial charge in [0.15, 0.2) is 0 Å². The summed E-state index contributed by atoms with van der Waals surface area (Å²) in [5, 5.41) is 14.3. The molecule has 22 heteroatoms. The normalized spacial score (nSPS) is 14.6. The minimum absolute atomic E-state index is 0.0325. The molecule has 12 rings (SSSR count). The number of piperazine rings is 5. The average molecular weight is 1490 g/mol. The highest BCUT2D eigenvalue weighted by Crippen LogP contribution is 2.12. The monoisotopic (exact) mass is 1490 g/mol. The first-order valence-electron chi connectivity index (χ1n) is 38.5. The summed E-state index contributed by atoms with van der Waals surface area (Å²) < 4.78 is 5.06. The Morgan fingerprint density at radius 1 is 0.315 bits per heavy atom. The van der Waals surface area contributed by atoms with Gasteiger partial charge in [0.1, 0.15) is 0 Å². The van der Waals surface area contributed by atoms with Crippen LogP contribution in [0.1, 0.15) is 151 Å². The molecule has 0 atom stereocenters. The predicted molar refractivity (Wildman–Crippen MR) is 434 cm³/mol. The van der Waals surface area contributed by atoms with Gasteiger partial charge in [-0.2, -0.15) is 0 Å². The Kier molecular flexibility index (Phi) is 53.7. The van der Waals surface area contributed by atoms with E-state index in [1.165, 1.54) is 61.9 Å². The molecule has 22 nitrogen and oxygen atoms in total. The van der Waals surface area contributed by atoms with Gasteiger partial charge in [-0.25, -0.2) is 0 Å². The Morgan fingerprint density at radius 3 is 0.870 bits per heavy atom. The third-order valence-electron chi connectivity index (χ3n) is 16.9. The molecule has 0 bridgehead atoms. The molecule has 6 aliphatic rings. The Morgan fingerprint density at radius 2 is 0.602 bits per heavy atom. The third kappa shape index (κ3) is 42.0. The van der Waals surface area contributed by atoms with Crippen LogP contribution in [0.3, 0.4) is 0 Å². The van der Waals surface area contributed by atoms with Gasteiger partial charge in [-0.3, -0.25) is 57.7 Å². The Hall–Kier alpha value is -9.74. The van der Waals surface area contributed by atoms with Crippen LogP contribution in [-0.4, -0.2) is 219 Å². The number of benzene rings is 6. The lowest BCUT2D eigenvalue weighted by atomic mass is 10.1. The molecule has 6 fully saturated rings. The number of nitrogens with one attached hydrogen (secondary N) is 5. The fourth-order valence-electron chi connectivity index (χ4n) is 10.3. The smallest absolute Gasteiger partial charge is 0.260 e. The number of ether oxygens (including phenoxy) is 1. The maximum atomic E-state index is 12.1. The van der Waals surface area contributed by atoms with Crippen molar-refractivity contribution in [3.63, 3.8) is 0 Å². The van der Waals surface area contributed by atoms with Crippen molar-refractivity contribution in [3.8, 4) is 0 Å². The Balaban J connectivity index is 0.000000605. The van der Waals surface area contributed by atoms with Crippen molar-refractivity contribution < 1.29 is 52.7 Å². The highest BCUT2D eigenvalue weighted by molar-refractivity contribution is 6.05. The molecule has 6 aromatic rings. The van der Waals surface area contributed by atoms with E-state index in [0.29, 0.717) is 83.2 Å². The standard InChI is InChI=1S/2C13H16N2O2.4C8H10.2C6H10N2O2.C6H12N2O.C6H11NO2.2C2H6/c1-2-10-3-5-11(6-4-10)13(17)15-8-7-14-12(16)9-15;1-2-10-3-5-11(6-4-10)13(17)15-8-7-14-9-12(15)16;4*1-2-8-6-4-3-5-7-8;1-5(9)8-3-2-7-6(10)4-8;1-5(9)8-3-2-7-4-6(8)10;1-6(9)8-4-2-7-3-5-8;1-6(8)7-2-4-9-5-3-7;2*1-2/h3-6H,2,7-9H2,1H3,(H,14,16);3-6,14H,2,7-9H2,1H3;4*3-7H,2H2,1H3;2-4H2,1H3,(H,7,10);7H,2-4H2,1H3;7H,2-5H2,1H3;2-5H2,1H3;2*1-2H3. The van der Waals surface area contributed by atoms with Gasteiger partial charge in [0.05, 0.1) is 39.4 Å². The molecule has 0 aromatic heterocycles. The van der Waals surface area contributed by atoms with Gasteiger partial charge >= 0.3 is 0 Å². The van der Waals surface area contributed by atoms with Crippen LogP contribution < -0.4 is 26.6 Å². The number of aryl methyl sites for hydroxylation is 6. The lowest BCUT2D eigenvalue weighted by molar-refractivity contribution is -0.144. The summed E-state index contributed by atoms with van der Waals surface area (Å²) in [6.07, 6.45) is 6.46. The van der Waals surface area contributed by atoms with Crippen LogP contribution in [-0.2, 0) is 81.6 Å². The van der Waals surface area contributed by atoms with Crippen LogP contribution in [0.5, 0.6) is 0 Å². The van der Waals surface area contributed by atoms with Gasteiger partial charge in [-0.05, 0) is 96.2 Å². The van der Waals surface area contributed by atoms with Gasteiger partial charge < -0.3 is 50.9 Å². The van der Waals surface area contributed by atoms with Crippen LogP contribution in [0, 0.1) is 0 Å². The molecular formula is C86H127N11O11. The van der Waals surface area contributed by atoms with E-state index >= 15 is 0 Å². The first-order chi connectivity index (χ1) is 52.2. The van der Waals surface area contributed by atoms with Crippen LogP contribution in [0.25, 0.3) is 0 Å². The summed E-state index contributed by atoms with van der Waals surface area (Å²) in [4.78, 5) is 121. The Bertz CT molecular complexity index is 3260. The summed E-state index contributed by atoms with van der Waals surface area (Å²) in [6.45, 7) is 39.0. The van der Waals surface area contributed by atoms with Crippen LogP contribution in [0.2, 0.25) is 0 Å². The third-order valence-corrected chi connectivity index (χ3v) is 16.9. The molecule has 0 unspecified atom stereocenters. The molecule has 592 valence electrons. The second kappa shape index (κ2) is 60.3. The molecule has 6 aliphatic heterocycles. The van der Waals surface area contributed by atoms with Crippen molar-refractivity contribution in [1.82, 2.24) is 56.0 Å². The quantitative estimate of drug-likeness (QED) is 0.0889. The van der Waals surface area contributed by atoms with Crippen molar-refractivity contribution >= 4 is 59.1 Å². The number of carbonyl (C=O) groups is 10. The second-order valence-corrected chi connectivity index (χ2v) is 24.5. The number of hydrogen-bond donors (Lipinski definition) is 5. The number of morpholine rings is 1. The first kappa shape index (κ1) is 96.3. The molecule has 0 spiro atoms. The van der Waals surface area contributed by atoms with Crippen LogP contribution >= 0.6 is 0 Å². The number of hydrogen-bond acceptors (Lipinski definition) is 14. The maximum Gasteiger partial charge on any atom is 0.260 e. The zero-order chi connectivity index (χ0) is 80.3. The van der Waals surface area contributed by atoms with E-state index in [1.807, 2.05) is 93.3 Å². The minimum atomic E-state index is -0.195. The molecule has 6 heterocycles. The fraction of sp³-hybridized carbons (Fsp3) is 0.465. The molecule has 6 aromatic carbocycles. The van der Waals surface area contributed by atoms with Gasteiger partial charge in [0, 0.05) is 130 Å². The molecule has 0 aliphatic carbocycles. The van der Waals surface area contributed by atoms with Gasteiger partial charge in [-0.15, -0.1) is 0 Å². The van der Waals surface area contributed by atoms with Crippen LogP contribution in [0.15, 0.2) is 170 Å². The van der Waals surface area contributed by atoms with Crippen LogP contribution in [0.4, 0.5) is 0 Å². The molecular weight excluding hydrogens is 1360 g/mol. The number of amides is 10. The van der Waals surface area contributed by atoms with E-state index in [4.69, 9.17) is 4.74 Å². The molecule has 10 amide bonds. The molecule has 6 saturated heterocycles. The van der Waals surface area contributed by atoms with Gasteiger partial charge in [0.25, 0.3) is 11.8 Å². The van der Waals surface area contributed by atoms with E-state index in [-0.39, 0.29) is 78.7 Å². The zero-order valence-corrected chi connectivity index (χ0v) is 67.2. The van der Waals surface area contributed by atoms with E-state index in [1.54, 1.807) is 35.8 Å². The van der Waals surface area contributed by atoms with Crippen molar-refractivity contribution in [2.24, 2.45) is 0 Å². The SMILES string of the molecule is CC.CC.CC(=O)N1CCNC(=O)C1.CC(=O)N1CCNCC1.CC(=O)N1CCNCC1=O.CC(=O)N1CCOCC1.CCc1ccc(C(=O)N2CCNC(=O)C2)cc1.CCc1ccc(C(=O)N2CCNCC2=O)cc1.CCc1ccccc1.CCc1ccccc1.CCc1ccccc1.CCc1ccccc1. The fourth-order valence-corrected chi connectivity index (χ4v) is 10.3. The summed E-state index contributed by atoms with van der Waals surface area (Å²) in [7, 11) is 0. The topological polar surface area (TPSA) is 260 Å². The molecule has 5 N–H and O–H groups in total. The number of rotatable bonds is 8. The van der Waals surface area contributed by atoms with Gasteiger partial charge in [0.2, 0.25) is 47.3 Å².